The number of amides is 1. The van der Waals surface area contributed by atoms with E-state index in [9.17, 15) is 13.2 Å². The summed E-state index contributed by atoms with van der Waals surface area (Å²) >= 11 is 0. The minimum absolute atomic E-state index is 0.0261. The third-order valence-electron chi connectivity index (χ3n) is 4.76. The van der Waals surface area contributed by atoms with Gasteiger partial charge in [-0.25, -0.2) is 8.42 Å². The lowest BCUT2D eigenvalue weighted by Crippen LogP contribution is -2.46. The molecule has 8 heteroatoms. The van der Waals surface area contributed by atoms with Crippen molar-refractivity contribution in [3.63, 3.8) is 0 Å². The highest BCUT2D eigenvalue weighted by Gasteiger charge is 2.33. The van der Waals surface area contributed by atoms with Crippen LogP contribution in [0.1, 0.15) is 40.2 Å². The number of aromatic nitrogens is 2. The molecule has 7 nitrogen and oxygen atoms in total. The molecule has 0 aliphatic carbocycles. The Labute approximate surface area is 153 Å². The molecule has 1 amide bonds. The number of piperidine rings is 1. The van der Waals surface area contributed by atoms with Gasteiger partial charge in [-0.2, -0.15) is 9.40 Å². The van der Waals surface area contributed by atoms with Crippen LogP contribution in [0, 0.1) is 20.8 Å². The van der Waals surface area contributed by atoms with Gasteiger partial charge in [-0.15, -0.1) is 0 Å². The molecule has 140 valence electrons. The van der Waals surface area contributed by atoms with Crippen LogP contribution in [0.25, 0.3) is 0 Å². The Morgan fingerprint density at radius 3 is 2.31 bits per heavy atom. The summed E-state index contributed by atoms with van der Waals surface area (Å²) in [5.74, 6) is -0.118. The Hall–Kier alpha value is -2.19. The maximum atomic E-state index is 12.9. The van der Waals surface area contributed by atoms with Crippen LogP contribution in [0.5, 0.6) is 0 Å². The van der Waals surface area contributed by atoms with Gasteiger partial charge in [-0.05, 0) is 45.7 Å². The van der Waals surface area contributed by atoms with E-state index in [0.29, 0.717) is 42.9 Å². The van der Waals surface area contributed by atoms with E-state index < -0.39 is 10.0 Å². The van der Waals surface area contributed by atoms with E-state index in [1.165, 1.54) is 4.31 Å². The van der Waals surface area contributed by atoms with Crippen LogP contribution < -0.4 is 5.32 Å². The van der Waals surface area contributed by atoms with Crippen molar-refractivity contribution in [3.05, 3.63) is 46.8 Å². The van der Waals surface area contributed by atoms with E-state index in [2.05, 4.69) is 15.5 Å². The summed E-state index contributed by atoms with van der Waals surface area (Å²) in [4.78, 5) is 12.6. The van der Waals surface area contributed by atoms with Crippen molar-refractivity contribution in [2.45, 2.75) is 44.6 Å². The molecule has 1 aliphatic heterocycles. The van der Waals surface area contributed by atoms with E-state index in [4.69, 9.17) is 0 Å². The summed E-state index contributed by atoms with van der Waals surface area (Å²) in [7, 11) is -3.56. The highest BCUT2D eigenvalue weighted by molar-refractivity contribution is 7.89. The monoisotopic (exact) mass is 376 g/mol. The number of hydrogen-bond acceptors (Lipinski definition) is 4. The molecule has 0 unspecified atom stereocenters. The zero-order valence-electron chi connectivity index (χ0n) is 15.2. The zero-order chi connectivity index (χ0) is 18.9. The maximum Gasteiger partial charge on any atom is 0.251 e. The summed E-state index contributed by atoms with van der Waals surface area (Å²) in [5, 5.41) is 9.71. The van der Waals surface area contributed by atoms with Crippen LogP contribution in [-0.4, -0.2) is 48.0 Å². The van der Waals surface area contributed by atoms with Gasteiger partial charge in [-0.1, -0.05) is 17.7 Å². The number of nitrogens with zero attached hydrogens (tertiary/aromatic N) is 2. The van der Waals surface area contributed by atoms with Crippen molar-refractivity contribution in [1.29, 1.82) is 0 Å². The molecule has 0 saturated carbocycles. The molecule has 0 bridgehead atoms. The molecule has 3 rings (SSSR count). The highest BCUT2D eigenvalue weighted by Crippen LogP contribution is 2.24. The van der Waals surface area contributed by atoms with Crippen molar-refractivity contribution in [1.82, 2.24) is 19.8 Å². The Morgan fingerprint density at radius 1 is 1.15 bits per heavy atom. The number of H-pyrrole nitrogens is 1. The standard InChI is InChI=1S/C18H24N4O3S/c1-12-4-6-15(7-5-12)18(23)19-16-8-10-22(11-9-16)26(24,25)17-13(2)20-21-14(17)3/h4-7,16H,8-11H2,1-3H3,(H,19,23)(H,20,21). The number of hydrogen-bond donors (Lipinski definition) is 2. The minimum atomic E-state index is -3.56. The van der Waals surface area contributed by atoms with Crippen molar-refractivity contribution in [3.8, 4) is 0 Å². The van der Waals surface area contributed by atoms with E-state index in [1.54, 1.807) is 26.0 Å². The summed E-state index contributed by atoms with van der Waals surface area (Å²) in [5.41, 5.74) is 2.76. The fraction of sp³-hybridized carbons (Fsp3) is 0.444. The molecule has 26 heavy (non-hydrogen) atoms. The lowest BCUT2D eigenvalue weighted by molar-refractivity contribution is 0.0924. The van der Waals surface area contributed by atoms with Gasteiger partial charge in [0, 0.05) is 24.7 Å². The van der Waals surface area contributed by atoms with Gasteiger partial charge in [0.15, 0.2) is 0 Å². The quantitative estimate of drug-likeness (QED) is 0.852. The van der Waals surface area contributed by atoms with Crippen molar-refractivity contribution < 1.29 is 13.2 Å². The molecular weight excluding hydrogens is 352 g/mol. The molecule has 0 radical (unpaired) electrons. The van der Waals surface area contributed by atoms with Gasteiger partial charge in [-0.3, -0.25) is 9.89 Å². The van der Waals surface area contributed by atoms with Crippen LogP contribution in [0.3, 0.4) is 0 Å². The van der Waals surface area contributed by atoms with Crippen LogP contribution in [0.2, 0.25) is 0 Å². The molecule has 1 saturated heterocycles. The van der Waals surface area contributed by atoms with Crippen molar-refractivity contribution >= 4 is 15.9 Å². The number of rotatable bonds is 4. The molecule has 0 atom stereocenters. The topological polar surface area (TPSA) is 95.2 Å². The van der Waals surface area contributed by atoms with Gasteiger partial charge in [0.05, 0.1) is 11.4 Å². The fourth-order valence-corrected chi connectivity index (χ4v) is 5.07. The lowest BCUT2D eigenvalue weighted by Gasteiger charge is -2.31. The van der Waals surface area contributed by atoms with Gasteiger partial charge in [0.1, 0.15) is 4.90 Å². The molecule has 1 fully saturated rings. The van der Waals surface area contributed by atoms with Crippen LogP contribution in [-0.2, 0) is 10.0 Å². The van der Waals surface area contributed by atoms with Gasteiger partial charge >= 0.3 is 0 Å². The SMILES string of the molecule is Cc1ccc(C(=O)NC2CCN(S(=O)(=O)c3c(C)n[nH]c3C)CC2)cc1. The minimum Gasteiger partial charge on any atom is -0.349 e. The van der Waals surface area contributed by atoms with Crippen LogP contribution >= 0.6 is 0 Å². The van der Waals surface area contributed by atoms with E-state index in [-0.39, 0.29) is 16.8 Å². The zero-order valence-corrected chi connectivity index (χ0v) is 16.1. The smallest absolute Gasteiger partial charge is 0.251 e. The van der Waals surface area contributed by atoms with Crippen molar-refractivity contribution in [2.24, 2.45) is 0 Å². The predicted octanol–water partition coefficient (Wildman–Crippen LogP) is 1.92. The Morgan fingerprint density at radius 2 is 1.77 bits per heavy atom. The molecule has 2 aromatic rings. The molecule has 1 aromatic heterocycles. The first-order valence-corrected chi connectivity index (χ1v) is 10.1. The number of nitrogens with one attached hydrogen (secondary N) is 2. The number of carbonyl (C=O) groups excluding carboxylic acids is 1. The summed E-state index contributed by atoms with van der Waals surface area (Å²) in [6.07, 6.45) is 1.18. The summed E-state index contributed by atoms with van der Waals surface area (Å²) < 4.78 is 27.2. The number of benzene rings is 1. The Kier molecular flexibility index (Phi) is 5.15. The third-order valence-corrected chi connectivity index (χ3v) is 6.92. The van der Waals surface area contributed by atoms with Crippen LogP contribution in [0.15, 0.2) is 29.2 Å². The first kappa shape index (κ1) is 18.6. The molecule has 2 N–H and O–H groups in total. The molecule has 2 heterocycles. The average Bonchev–Trinajstić information content (AvgIpc) is 2.95. The second-order valence-corrected chi connectivity index (χ2v) is 8.66. The number of carbonyl (C=O) groups is 1. The predicted molar refractivity (Wildman–Crippen MR) is 98.5 cm³/mol. The largest absolute Gasteiger partial charge is 0.349 e. The second-order valence-electron chi connectivity index (χ2n) is 6.78. The molecule has 1 aliphatic rings. The van der Waals surface area contributed by atoms with E-state index >= 15 is 0 Å². The van der Waals surface area contributed by atoms with Gasteiger partial charge < -0.3 is 5.32 Å². The number of aromatic amines is 1. The first-order chi connectivity index (χ1) is 12.3. The maximum absolute atomic E-state index is 12.9. The Balaban J connectivity index is 1.62. The van der Waals surface area contributed by atoms with Gasteiger partial charge in [0.2, 0.25) is 10.0 Å². The Bertz CT molecular complexity index is 876. The summed E-state index contributed by atoms with van der Waals surface area (Å²) in [6, 6.07) is 7.38. The molecular formula is C18H24N4O3S. The highest BCUT2D eigenvalue weighted by atomic mass is 32.2. The lowest BCUT2D eigenvalue weighted by atomic mass is 10.1. The van der Waals surface area contributed by atoms with Gasteiger partial charge in [0.25, 0.3) is 5.91 Å². The average molecular weight is 376 g/mol. The number of aryl methyl sites for hydroxylation is 3. The van der Waals surface area contributed by atoms with Crippen LogP contribution in [0.4, 0.5) is 0 Å². The fourth-order valence-electron chi connectivity index (χ4n) is 3.26. The van der Waals surface area contributed by atoms with E-state index in [0.717, 1.165) is 5.56 Å². The number of sulfonamides is 1. The molecule has 0 spiro atoms. The summed E-state index contributed by atoms with van der Waals surface area (Å²) in [6.45, 7) is 6.13. The first-order valence-electron chi connectivity index (χ1n) is 8.68. The normalized spacial score (nSPS) is 16.6. The van der Waals surface area contributed by atoms with E-state index in [1.807, 2.05) is 19.1 Å². The third kappa shape index (κ3) is 3.66. The molecule has 1 aromatic carbocycles. The van der Waals surface area contributed by atoms with Crippen molar-refractivity contribution in [2.75, 3.05) is 13.1 Å². The second kappa shape index (κ2) is 7.20.